The highest BCUT2D eigenvalue weighted by atomic mass is 19.1. The maximum absolute atomic E-state index is 13.1. The van der Waals surface area contributed by atoms with E-state index in [9.17, 15) is 14.0 Å². The minimum atomic E-state index is -0.289. The number of benzene rings is 2. The van der Waals surface area contributed by atoms with Crippen molar-refractivity contribution in [2.75, 3.05) is 32.0 Å². The van der Waals surface area contributed by atoms with Crippen LogP contribution >= 0.6 is 0 Å². The van der Waals surface area contributed by atoms with Gasteiger partial charge < -0.3 is 10.2 Å². The van der Waals surface area contributed by atoms with E-state index in [1.807, 2.05) is 37.3 Å². The number of carbonyl (C=O) groups is 2. The summed E-state index contributed by atoms with van der Waals surface area (Å²) in [5, 5.41) is 2.96. The molecule has 6 heteroatoms. The van der Waals surface area contributed by atoms with E-state index in [0.29, 0.717) is 6.54 Å². The second-order valence-electron chi connectivity index (χ2n) is 7.66. The lowest BCUT2D eigenvalue weighted by Crippen LogP contribution is -2.46. The molecule has 0 aliphatic carbocycles. The third kappa shape index (κ3) is 5.64. The SMILES string of the molecule is C[C@@H](c1ccc(F)cc1)N(C)C(=O)CN1CCC[C@@H](C(=O)Nc2ccccc2)C1. The van der Waals surface area contributed by atoms with Gasteiger partial charge in [-0.15, -0.1) is 0 Å². The van der Waals surface area contributed by atoms with Crippen molar-refractivity contribution in [3.05, 3.63) is 66.0 Å². The fourth-order valence-corrected chi connectivity index (χ4v) is 3.66. The Labute approximate surface area is 171 Å². The van der Waals surface area contributed by atoms with Crippen molar-refractivity contribution in [1.82, 2.24) is 9.80 Å². The number of amides is 2. The monoisotopic (exact) mass is 397 g/mol. The summed E-state index contributed by atoms with van der Waals surface area (Å²) < 4.78 is 13.1. The van der Waals surface area contributed by atoms with Crippen molar-refractivity contribution in [2.24, 2.45) is 5.92 Å². The Morgan fingerprint density at radius 2 is 1.86 bits per heavy atom. The zero-order chi connectivity index (χ0) is 20.8. The third-order valence-electron chi connectivity index (χ3n) is 5.60. The number of nitrogens with zero attached hydrogens (tertiary/aromatic N) is 2. The van der Waals surface area contributed by atoms with E-state index in [1.165, 1.54) is 12.1 Å². The second-order valence-corrected chi connectivity index (χ2v) is 7.66. The molecule has 1 N–H and O–H groups in total. The van der Waals surface area contributed by atoms with E-state index >= 15 is 0 Å². The number of para-hydroxylation sites is 1. The highest BCUT2D eigenvalue weighted by molar-refractivity contribution is 5.92. The first-order valence-corrected chi connectivity index (χ1v) is 10.0. The van der Waals surface area contributed by atoms with Crippen LogP contribution in [0.3, 0.4) is 0 Å². The molecule has 1 aliphatic heterocycles. The average molecular weight is 397 g/mol. The van der Waals surface area contributed by atoms with Gasteiger partial charge in [-0.3, -0.25) is 14.5 Å². The summed E-state index contributed by atoms with van der Waals surface area (Å²) in [5.74, 6) is -0.424. The molecule has 29 heavy (non-hydrogen) atoms. The second kappa shape index (κ2) is 9.65. The quantitative estimate of drug-likeness (QED) is 0.809. The normalized spacial score (nSPS) is 18.1. The highest BCUT2D eigenvalue weighted by Gasteiger charge is 2.28. The first-order chi connectivity index (χ1) is 13.9. The van der Waals surface area contributed by atoms with Gasteiger partial charge >= 0.3 is 0 Å². The Morgan fingerprint density at radius 1 is 1.17 bits per heavy atom. The lowest BCUT2D eigenvalue weighted by molar-refractivity contribution is -0.134. The van der Waals surface area contributed by atoms with Crippen LogP contribution in [0.2, 0.25) is 0 Å². The first-order valence-electron chi connectivity index (χ1n) is 10.0. The summed E-state index contributed by atoms with van der Waals surface area (Å²) >= 11 is 0. The topological polar surface area (TPSA) is 52.7 Å². The fourth-order valence-electron chi connectivity index (χ4n) is 3.66. The van der Waals surface area contributed by atoms with E-state index in [2.05, 4.69) is 10.2 Å². The molecule has 2 aromatic rings. The summed E-state index contributed by atoms with van der Waals surface area (Å²) in [4.78, 5) is 29.1. The molecule has 1 aliphatic rings. The number of likely N-dealkylation sites (tertiary alicyclic amines) is 1. The molecule has 0 saturated carbocycles. The van der Waals surface area contributed by atoms with Crippen LogP contribution in [0.15, 0.2) is 54.6 Å². The Balaban J connectivity index is 1.54. The van der Waals surface area contributed by atoms with Crippen LogP contribution in [0, 0.1) is 11.7 Å². The van der Waals surface area contributed by atoms with Gasteiger partial charge in [-0.1, -0.05) is 30.3 Å². The summed E-state index contributed by atoms with van der Waals surface area (Å²) in [6.45, 7) is 3.58. The van der Waals surface area contributed by atoms with Gasteiger partial charge in [0.1, 0.15) is 5.82 Å². The van der Waals surface area contributed by atoms with Crippen molar-refractivity contribution in [3.63, 3.8) is 0 Å². The molecular formula is C23H28FN3O2. The number of piperidine rings is 1. The first kappa shape index (κ1) is 21.0. The molecular weight excluding hydrogens is 369 g/mol. The Kier molecular flexibility index (Phi) is 6.99. The van der Waals surface area contributed by atoms with Gasteiger partial charge in [0.05, 0.1) is 18.5 Å². The van der Waals surface area contributed by atoms with Crippen LogP contribution in [-0.2, 0) is 9.59 Å². The third-order valence-corrected chi connectivity index (χ3v) is 5.60. The van der Waals surface area contributed by atoms with E-state index in [1.54, 1.807) is 24.1 Å². The number of hydrogen-bond donors (Lipinski definition) is 1. The predicted molar refractivity (Wildman–Crippen MR) is 112 cm³/mol. The molecule has 0 spiro atoms. The van der Waals surface area contributed by atoms with Crippen molar-refractivity contribution in [3.8, 4) is 0 Å². The number of halogens is 1. The zero-order valence-electron chi connectivity index (χ0n) is 17.0. The van der Waals surface area contributed by atoms with Crippen molar-refractivity contribution < 1.29 is 14.0 Å². The van der Waals surface area contributed by atoms with Gasteiger partial charge in [0.15, 0.2) is 0 Å². The van der Waals surface area contributed by atoms with Gasteiger partial charge in [-0.2, -0.15) is 0 Å². The lowest BCUT2D eigenvalue weighted by Gasteiger charge is -2.33. The number of nitrogens with one attached hydrogen (secondary N) is 1. The summed E-state index contributed by atoms with van der Waals surface area (Å²) in [7, 11) is 1.76. The van der Waals surface area contributed by atoms with Crippen LogP contribution in [0.25, 0.3) is 0 Å². The maximum atomic E-state index is 13.1. The van der Waals surface area contributed by atoms with Crippen LogP contribution in [0.5, 0.6) is 0 Å². The van der Waals surface area contributed by atoms with Crippen molar-refractivity contribution in [2.45, 2.75) is 25.8 Å². The van der Waals surface area contributed by atoms with E-state index in [4.69, 9.17) is 0 Å². The molecule has 1 saturated heterocycles. The maximum Gasteiger partial charge on any atom is 0.236 e. The molecule has 2 aromatic carbocycles. The van der Waals surface area contributed by atoms with Crippen molar-refractivity contribution in [1.29, 1.82) is 0 Å². The minimum Gasteiger partial charge on any atom is -0.338 e. The molecule has 0 unspecified atom stereocenters. The standard InChI is InChI=1S/C23H28FN3O2/c1-17(18-10-12-20(24)13-11-18)26(2)22(28)16-27-14-6-7-19(15-27)23(29)25-21-8-4-3-5-9-21/h3-5,8-13,17,19H,6-7,14-16H2,1-2H3,(H,25,29)/t17-,19+/m0/s1. The molecule has 2 atom stereocenters. The largest absolute Gasteiger partial charge is 0.338 e. The van der Waals surface area contributed by atoms with Gasteiger partial charge in [0.25, 0.3) is 0 Å². The van der Waals surface area contributed by atoms with Gasteiger partial charge in [-0.05, 0) is 56.1 Å². The number of likely N-dealkylation sites (N-methyl/N-ethyl adjacent to an activating group) is 1. The molecule has 1 fully saturated rings. The summed E-state index contributed by atoms with van der Waals surface area (Å²) in [6.07, 6.45) is 1.71. The van der Waals surface area contributed by atoms with E-state index in [0.717, 1.165) is 30.6 Å². The fraction of sp³-hybridized carbons (Fsp3) is 0.391. The minimum absolute atomic E-state index is 0.00128. The summed E-state index contributed by atoms with van der Waals surface area (Å²) in [6, 6.07) is 15.5. The zero-order valence-corrected chi connectivity index (χ0v) is 17.0. The Morgan fingerprint density at radius 3 is 2.55 bits per heavy atom. The van der Waals surface area contributed by atoms with Crippen molar-refractivity contribution >= 4 is 17.5 Å². The van der Waals surface area contributed by atoms with Crippen LogP contribution in [0.4, 0.5) is 10.1 Å². The average Bonchev–Trinajstić information content (AvgIpc) is 2.74. The van der Waals surface area contributed by atoms with Crippen LogP contribution in [0.1, 0.15) is 31.4 Å². The van der Waals surface area contributed by atoms with Crippen LogP contribution in [-0.4, -0.2) is 48.3 Å². The molecule has 154 valence electrons. The molecule has 5 nitrogen and oxygen atoms in total. The predicted octanol–water partition coefficient (Wildman–Crippen LogP) is 3.70. The highest BCUT2D eigenvalue weighted by Crippen LogP contribution is 2.22. The number of hydrogen-bond acceptors (Lipinski definition) is 3. The molecule has 0 aromatic heterocycles. The van der Waals surface area contributed by atoms with Crippen LogP contribution < -0.4 is 5.32 Å². The molecule has 3 rings (SSSR count). The summed E-state index contributed by atoms with van der Waals surface area (Å²) in [5.41, 5.74) is 1.68. The Bertz CT molecular complexity index is 826. The van der Waals surface area contributed by atoms with Gasteiger partial charge in [-0.25, -0.2) is 4.39 Å². The molecule has 1 heterocycles. The number of rotatable bonds is 6. The van der Waals surface area contributed by atoms with Gasteiger partial charge in [0.2, 0.25) is 11.8 Å². The van der Waals surface area contributed by atoms with E-state index in [-0.39, 0.29) is 36.1 Å². The van der Waals surface area contributed by atoms with E-state index < -0.39 is 0 Å². The molecule has 0 radical (unpaired) electrons. The molecule has 0 bridgehead atoms. The Hall–Kier alpha value is -2.73. The van der Waals surface area contributed by atoms with Gasteiger partial charge in [0, 0.05) is 19.3 Å². The lowest BCUT2D eigenvalue weighted by atomic mass is 9.97. The smallest absolute Gasteiger partial charge is 0.236 e. The number of carbonyl (C=O) groups excluding carboxylic acids is 2. The molecule has 2 amide bonds. The number of anilines is 1.